The molecule has 0 unspecified atom stereocenters. The number of carbonyl (C=O) groups excluding carboxylic acids is 1. The van der Waals surface area contributed by atoms with Crippen LogP contribution in [0.4, 0.5) is 5.69 Å². The van der Waals surface area contributed by atoms with Crippen LogP contribution in [-0.2, 0) is 22.7 Å². The standard InChI is InChI=1S/C18H19N3O4/c1-12-7-13(11-24-2)16(9-19)18(23)21(12)10-17(22)20-14-5-4-6-15(8-14)25-3/h4-8H,10-11H2,1-3H3,(H,20,22). The second-order valence-electron chi connectivity index (χ2n) is 5.40. The first-order valence-electron chi connectivity index (χ1n) is 7.56. The van der Waals surface area contributed by atoms with Gasteiger partial charge in [0.1, 0.15) is 23.9 Å². The maximum atomic E-state index is 12.5. The molecule has 1 amide bonds. The Bertz CT molecular complexity index is 881. The zero-order chi connectivity index (χ0) is 18.4. The normalized spacial score (nSPS) is 10.2. The Kier molecular flexibility index (Phi) is 5.93. The molecule has 2 rings (SSSR count). The molecule has 0 aliphatic rings. The van der Waals surface area contributed by atoms with E-state index >= 15 is 0 Å². The average molecular weight is 341 g/mol. The molecule has 0 aliphatic heterocycles. The van der Waals surface area contributed by atoms with Crippen LogP contribution in [0.2, 0.25) is 0 Å². The van der Waals surface area contributed by atoms with E-state index in [0.29, 0.717) is 22.7 Å². The van der Waals surface area contributed by atoms with Gasteiger partial charge in [-0.05, 0) is 25.1 Å². The third-order valence-corrected chi connectivity index (χ3v) is 3.66. The molecule has 0 saturated heterocycles. The molecule has 0 aliphatic carbocycles. The van der Waals surface area contributed by atoms with Crippen molar-refractivity contribution in [1.29, 1.82) is 5.26 Å². The van der Waals surface area contributed by atoms with E-state index < -0.39 is 5.56 Å². The van der Waals surface area contributed by atoms with Crippen molar-refractivity contribution in [3.8, 4) is 11.8 Å². The summed E-state index contributed by atoms with van der Waals surface area (Å²) in [5, 5.41) is 11.9. The number of nitrogens with zero attached hydrogens (tertiary/aromatic N) is 2. The van der Waals surface area contributed by atoms with Gasteiger partial charge in [0.05, 0.1) is 13.7 Å². The number of nitriles is 1. The van der Waals surface area contributed by atoms with Crippen LogP contribution in [0.25, 0.3) is 0 Å². The minimum atomic E-state index is -0.504. The summed E-state index contributed by atoms with van der Waals surface area (Å²) in [7, 11) is 3.03. The molecule has 130 valence electrons. The molecule has 0 saturated carbocycles. The molecule has 0 fully saturated rings. The molecular formula is C18H19N3O4. The van der Waals surface area contributed by atoms with Crippen LogP contribution in [0.3, 0.4) is 0 Å². The SMILES string of the molecule is COCc1cc(C)n(CC(=O)Nc2cccc(OC)c2)c(=O)c1C#N. The van der Waals surface area contributed by atoms with Gasteiger partial charge in [-0.3, -0.25) is 9.59 Å². The lowest BCUT2D eigenvalue weighted by atomic mass is 10.1. The number of amides is 1. The Hall–Kier alpha value is -3.11. The Morgan fingerprint density at radius 3 is 2.72 bits per heavy atom. The van der Waals surface area contributed by atoms with E-state index in [-0.39, 0.29) is 24.6 Å². The zero-order valence-corrected chi connectivity index (χ0v) is 14.3. The molecule has 0 spiro atoms. The van der Waals surface area contributed by atoms with Crippen LogP contribution in [0.5, 0.6) is 5.75 Å². The number of carbonyl (C=O) groups is 1. The second-order valence-corrected chi connectivity index (χ2v) is 5.40. The number of hydrogen-bond acceptors (Lipinski definition) is 5. The monoisotopic (exact) mass is 341 g/mol. The third kappa shape index (κ3) is 4.25. The van der Waals surface area contributed by atoms with E-state index in [1.54, 1.807) is 37.3 Å². The van der Waals surface area contributed by atoms with Crippen LogP contribution in [0.15, 0.2) is 35.1 Å². The predicted molar refractivity (Wildman–Crippen MR) is 92.5 cm³/mol. The Morgan fingerprint density at radius 2 is 2.08 bits per heavy atom. The van der Waals surface area contributed by atoms with Crippen molar-refractivity contribution >= 4 is 11.6 Å². The lowest BCUT2D eigenvalue weighted by Crippen LogP contribution is -2.31. The van der Waals surface area contributed by atoms with E-state index in [0.717, 1.165) is 0 Å². The number of nitrogens with one attached hydrogen (secondary N) is 1. The van der Waals surface area contributed by atoms with Crippen LogP contribution < -0.4 is 15.6 Å². The number of anilines is 1. The van der Waals surface area contributed by atoms with Crippen LogP contribution in [0, 0.1) is 18.3 Å². The first kappa shape index (κ1) is 18.2. The first-order chi connectivity index (χ1) is 12.0. The van der Waals surface area contributed by atoms with E-state index in [9.17, 15) is 14.9 Å². The van der Waals surface area contributed by atoms with Crippen LogP contribution >= 0.6 is 0 Å². The zero-order valence-electron chi connectivity index (χ0n) is 14.3. The molecule has 25 heavy (non-hydrogen) atoms. The molecule has 2 aromatic rings. The maximum absolute atomic E-state index is 12.5. The number of methoxy groups -OCH3 is 2. The van der Waals surface area contributed by atoms with Gasteiger partial charge in [0.15, 0.2) is 0 Å². The van der Waals surface area contributed by atoms with E-state index in [1.807, 2.05) is 6.07 Å². The van der Waals surface area contributed by atoms with Gasteiger partial charge in [-0.15, -0.1) is 0 Å². The summed E-state index contributed by atoms with van der Waals surface area (Å²) in [6, 6.07) is 10.5. The fraction of sp³-hybridized carbons (Fsp3) is 0.278. The number of benzene rings is 1. The number of hydrogen-bond donors (Lipinski definition) is 1. The molecule has 1 N–H and O–H groups in total. The largest absolute Gasteiger partial charge is 0.497 e. The van der Waals surface area contributed by atoms with Crippen molar-refractivity contribution in [3.63, 3.8) is 0 Å². The smallest absolute Gasteiger partial charge is 0.269 e. The molecule has 0 bridgehead atoms. The minimum absolute atomic E-state index is 0.0124. The fourth-order valence-electron chi connectivity index (χ4n) is 2.47. The summed E-state index contributed by atoms with van der Waals surface area (Å²) in [5.41, 5.74) is 1.14. The highest BCUT2D eigenvalue weighted by Crippen LogP contribution is 2.16. The lowest BCUT2D eigenvalue weighted by molar-refractivity contribution is -0.116. The summed E-state index contributed by atoms with van der Waals surface area (Å²) in [4.78, 5) is 24.8. The number of rotatable bonds is 6. The third-order valence-electron chi connectivity index (χ3n) is 3.66. The van der Waals surface area contributed by atoms with Gasteiger partial charge in [-0.25, -0.2) is 0 Å². The highest BCUT2D eigenvalue weighted by Gasteiger charge is 2.15. The van der Waals surface area contributed by atoms with Crippen molar-refractivity contribution in [2.75, 3.05) is 19.5 Å². The molecule has 0 radical (unpaired) electrons. The van der Waals surface area contributed by atoms with Gasteiger partial charge in [-0.2, -0.15) is 5.26 Å². The van der Waals surface area contributed by atoms with E-state index in [1.165, 1.54) is 18.8 Å². The Labute approximate surface area is 145 Å². The van der Waals surface area contributed by atoms with Crippen molar-refractivity contribution in [2.24, 2.45) is 0 Å². The van der Waals surface area contributed by atoms with Crippen molar-refractivity contribution in [3.05, 3.63) is 57.5 Å². The Morgan fingerprint density at radius 1 is 1.32 bits per heavy atom. The van der Waals surface area contributed by atoms with E-state index in [4.69, 9.17) is 9.47 Å². The highest BCUT2D eigenvalue weighted by atomic mass is 16.5. The number of aryl methyl sites for hydroxylation is 1. The number of ether oxygens (including phenoxy) is 2. The van der Waals surface area contributed by atoms with Gasteiger partial charge in [0.2, 0.25) is 5.91 Å². The molecule has 1 aromatic carbocycles. The maximum Gasteiger partial charge on any atom is 0.269 e. The topological polar surface area (TPSA) is 93.3 Å². The van der Waals surface area contributed by atoms with Gasteiger partial charge in [-0.1, -0.05) is 6.07 Å². The second kappa shape index (κ2) is 8.13. The van der Waals surface area contributed by atoms with Crippen LogP contribution in [0.1, 0.15) is 16.8 Å². The molecule has 7 heteroatoms. The first-order valence-corrected chi connectivity index (χ1v) is 7.56. The summed E-state index contributed by atoms with van der Waals surface area (Å²) in [6.07, 6.45) is 0. The number of pyridine rings is 1. The van der Waals surface area contributed by atoms with Gasteiger partial charge in [0, 0.05) is 30.1 Å². The quantitative estimate of drug-likeness (QED) is 0.865. The minimum Gasteiger partial charge on any atom is -0.497 e. The van der Waals surface area contributed by atoms with Crippen molar-refractivity contribution in [2.45, 2.75) is 20.1 Å². The summed E-state index contributed by atoms with van der Waals surface area (Å²) in [6.45, 7) is 1.68. The highest BCUT2D eigenvalue weighted by molar-refractivity contribution is 5.90. The Balaban J connectivity index is 2.26. The molecule has 0 atom stereocenters. The van der Waals surface area contributed by atoms with Crippen molar-refractivity contribution < 1.29 is 14.3 Å². The molecular weight excluding hydrogens is 322 g/mol. The van der Waals surface area contributed by atoms with Crippen LogP contribution in [-0.4, -0.2) is 24.7 Å². The average Bonchev–Trinajstić information content (AvgIpc) is 2.59. The summed E-state index contributed by atoms with van der Waals surface area (Å²) >= 11 is 0. The van der Waals surface area contributed by atoms with Gasteiger partial charge < -0.3 is 19.4 Å². The molecule has 1 heterocycles. The summed E-state index contributed by atoms with van der Waals surface area (Å²) < 4.78 is 11.4. The van der Waals surface area contributed by atoms with Crippen molar-refractivity contribution in [1.82, 2.24) is 4.57 Å². The van der Waals surface area contributed by atoms with Gasteiger partial charge >= 0.3 is 0 Å². The fourth-order valence-corrected chi connectivity index (χ4v) is 2.47. The predicted octanol–water partition coefficient (Wildman–Crippen LogP) is 1.82. The molecule has 1 aromatic heterocycles. The van der Waals surface area contributed by atoms with E-state index in [2.05, 4.69) is 5.32 Å². The van der Waals surface area contributed by atoms with Gasteiger partial charge in [0.25, 0.3) is 5.56 Å². The number of aromatic nitrogens is 1. The molecule has 7 nitrogen and oxygen atoms in total. The summed E-state index contributed by atoms with van der Waals surface area (Å²) in [5.74, 6) is 0.240. The lowest BCUT2D eigenvalue weighted by Gasteiger charge is -2.13.